The topological polar surface area (TPSA) is 38.0 Å². The van der Waals surface area contributed by atoms with Gasteiger partial charge >= 0.3 is 0 Å². The smallest absolute Gasteiger partial charge is 0.0281 e. The molecule has 3 N–H and O–H groups in total. The molecule has 0 saturated heterocycles. The summed E-state index contributed by atoms with van der Waals surface area (Å²) in [7, 11) is 0. The monoisotopic (exact) mass is 212 g/mol. The molecule has 0 fully saturated rings. The normalized spacial score (nSPS) is 13.5. The minimum absolute atomic E-state index is 0.455. The predicted octanol–water partition coefficient (Wildman–Crippen LogP) is 2.69. The molecule has 2 nitrogen and oxygen atoms in total. The lowest BCUT2D eigenvalue weighted by Crippen LogP contribution is -2.37. The Hall–Kier alpha value is -0.340. The highest BCUT2D eigenvalue weighted by Gasteiger charge is 2.15. The highest BCUT2D eigenvalue weighted by Crippen LogP contribution is 2.17. The Morgan fingerprint density at radius 3 is 2.20 bits per heavy atom. The van der Waals surface area contributed by atoms with E-state index in [1.807, 2.05) is 0 Å². The fourth-order valence-corrected chi connectivity index (χ4v) is 1.67. The summed E-state index contributed by atoms with van der Waals surface area (Å²) in [5.41, 5.74) is 6.83. The van der Waals surface area contributed by atoms with Crippen molar-refractivity contribution in [3.8, 4) is 0 Å². The van der Waals surface area contributed by atoms with Crippen LogP contribution in [-0.2, 0) is 0 Å². The number of nitrogens with one attached hydrogen (secondary N) is 1. The van der Waals surface area contributed by atoms with Crippen molar-refractivity contribution in [2.24, 2.45) is 11.7 Å². The van der Waals surface area contributed by atoms with Crippen LogP contribution in [0.4, 0.5) is 0 Å². The van der Waals surface area contributed by atoms with E-state index in [-0.39, 0.29) is 0 Å². The number of hydrogen-bond acceptors (Lipinski definition) is 2. The first-order valence-electron chi connectivity index (χ1n) is 6.13. The van der Waals surface area contributed by atoms with Gasteiger partial charge in [0.2, 0.25) is 0 Å². The van der Waals surface area contributed by atoms with E-state index in [1.165, 1.54) is 12.0 Å². The van der Waals surface area contributed by atoms with E-state index in [4.69, 9.17) is 5.73 Å². The van der Waals surface area contributed by atoms with Gasteiger partial charge in [0.15, 0.2) is 0 Å². The maximum atomic E-state index is 5.51. The summed E-state index contributed by atoms with van der Waals surface area (Å²) in [6.07, 6.45) is 3.46. The lowest BCUT2D eigenvalue weighted by molar-refractivity contribution is 0.443. The molecule has 0 amide bonds. The summed E-state index contributed by atoms with van der Waals surface area (Å²) in [6, 6.07) is 0.972. The van der Waals surface area contributed by atoms with Gasteiger partial charge in [-0.15, -0.1) is 0 Å². The molecule has 0 aliphatic heterocycles. The van der Waals surface area contributed by atoms with Gasteiger partial charge in [-0.1, -0.05) is 46.3 Å². The molecule has 0 heterocycles. The number of rotatable bonds is 8. The largest absolute Gasteiger partial charge is 0.330 e. The first kappa shape index (κ1) is 14.7. The molecule has 90 valence electrons. The van der Waals surface area contributed by atoms with Crippen LogP contribution in [0.2, 0.25) is 0 Å². The second kappa shape index (κ2) is 7.89. The van der Waals surface area contributed by atoms with Crippen molar-refractivity contribution in [3.63, 3.8) is 0 Å². The fraction of sp³-hybridized carbons (Fsp3) is 0.846. The molecule has 0 aromatic carbocycles. The van der Waals surface area contributed by atoms with Gasteiger partial charge in [-0.25, -0.2) is 0 Å². The molecule has 0 bridgehead atoms. The molecule has 0 aromatic heterocycles. The Kier molecular flexibility index (Phi) is 7.71. The minimum atomic E-state index is 0.455. The van der Waals surface area contributed by atoms with E-state index in [9.17, 15) is 0 Å². The molecule has 0 spiro atoms. The maximum Gasteiger partial charge on any atom is 0.0281 e. The SMILES string of the molecule is C=C(C(C)C)C(CCCCN)NC(C)C. The number of unbranched alkanes of at least 4 members (excludes halogenated alkanes) is 1. The van der Waals surface area contributed by atoms with Crippen LogP contribution in [-0.4, -0.2) is 18.6 Å². The van der Waals surface area contributed by atoms with E-state index in [0.717, 1.165) is 19.4 Å². The van der Waals surface area contributed by atoms with E-state index < -0.39 is 0 Å². The summed E-state index contributed by atoms with van der Waals surface area (Å²) < 4.78 is 0. The number of hydrogen-bond donors (Lipinski definition) is 2. The summed E-state index contributed by atoms with van der Waals surface area (Å²) in [5.74, 6) is 0.555. The summed E-state index contributed by atoms with van der Waals surface area (Å²) >= 11 is 0. The van der Waals surface area contributed by atoms with Crippen LogP contribution in [0.25, 0.3) is 0 Å². The molecule has 1 unspecified atom stereocenters. The zero-order valence-electron chi connectivity index (χ0n) is 10.8. The van der Waals surface area contributed by atoms with Gasteiger partial charge < -0.3 is 11.1 Å². The van der Waals surface area contributed by atoms with Crippen LogP contribution in [0, 0.1) is 5.92 Å². The van der Waals surface area contributed by atoms with Crippen molar-refractivity contribution < 1.29 is 0 Å². The summed E-state index contributed by atoms with van der Waals surface area (Å²) in [4.78, 5) is 0. The van der Waals surface area contributed by atoms with E-state index in [1.54, 1.807) is 0 Å². The van der Waals surface area contributed by atoms with E-state index >= 15 is 0 Å². The molecule has 0 saturated carbocycles. The lowest BCUT2D eigenvalue weighted by atomic mass is 9.93. The van der Waals surface area contributed by atoms with Crippen LogP contribution >= 0.6 is 0 Å². The lowest BCUT2D eigenvalue weighted by Gasteiger charge is -2.25. The standard InChI is InChI=1S/C13H28N2/c1-10(2)12(5)13(15-11(3)4)8-6-7-9-14/h10-11,13,15H,5-9,14H2,1-4H3. The molecule has 0 rings (SSSR count). The van der Waals surface area contributed by atoms with Gasteiger partial charge in [0, 0.05) is 12.1 Å². The first-order valence-corrected chi connectivity index (χ1v) is 6.13. The Morgan fingerprint density at radius 2 is 1.80 bits per heavy atom. The molecular formula is C13H28N2. The highest BCUT2D eigenvalue weighted by atomic mass is 14.9. The highest BCUT2D eigenvalue weighted by molar-refractivity contribution is 5.08. The molecule has 2 heteroatoms. The van der Waals surface area contributed by atoms with Gasteiger partial charge in [-0.3, -0.25) is 0 Å². The van der Waals surface area contributed by atoms with E-state index in [0.29, 0.717) is 18.0 Å². The average molecular weight is 212 g/mol. The minimum Gasteiger partial charge on any atom is -0.330 e. The third kappa shape index (κ3) is 6.69. The third-order valence-corrected chi connectivity index (χ3v) is 2.67. The Morgan fingerprint density at radius 1 is 1.20 bits per heavy atom. The van der Waals surface area contributed by atoms with Crippen LogP contribution < -0.4 is 11.1 Å². The summed E-state index contributed by atoms with van der Waals surface area (Å²) in [6.45, 7) is 13.8. The fourth-order valence-electron chi connectivity index (χ4n) is 1.67. The van der Waals surface area contributed by atoms with Crippen molar-refractivity contribution in [1.29, 1.82) is 0 Å². The van der Waals surface area contributed by atoms with Crippen molar-refractivity contribution >= 4 is 0 Å². The van der Waals surface area contributed by atoms with Gasteiger partial charge in [0.1, 0.15) is 0 Å². The maximum absolute atomic E-state index is 5.51. The Bertz CT molecular complexity index is 173. The van der Waals surface area contributed by atoms with Crippen molar-refractivity contribution in [3.05, 3.63) is 12.2 Å². The predicted molar refractivity (Wildman–Crippen MR) is 68.9 cm³/mol. The van der Waals surface area contributed by atoms with Crippen LogP contribution in [0.1, 0.15) is 47.0 Å². The van der Waals surface area contributed by atoms with Crippen molar-refractivity contribution in [2.75, 3.05) is 6.54 Å². The van der Waals surface area contributed by atoms with Gasteiger partial charge in [0.05, 0.1) is 0 Å². The number of nitrogens with two attached hydrogens (primary N) is 1. The molecule has 0 aliphatic rings. The van der Waals surface area contributed by atoms with Crippen LogP contribution in [0.5, 0.6) is 0 Å². The Labute approximate surface area is 95.3 Å². The first-order chi connectivity index (χ1) is 6.99. The van der Waals surface area contributed by atoms with Gasteiger partial charge in [-0.05, 0) is 25.3 Å². The second-order valence-electron chi connectivity index (χ2n) is 4.89. The molecule has 0 radical (unpaired) electrons. The third-order valence-electron chi connectivity index (χ3n) is 2.67. The van der Waals surface area contributed by atoms with Crippen molar-refractivity contribution in [1.82, 2.24) is 5.32 Å². The van der Waals surface area contributed by atoms with E-state index in [2.05, 4.69) is 39.6 Å². The molecule has 15 heavy (non-hydrogen) atoms. The average Bonchev–Trinajstić information content (AvgIpc) is 2.14. The molecule has 1 atom stereocenters. The Balaban J connectivity index is 4.11. The second-order valence-corrected chi connectivity index (χ2v) is 4.89. The summed E-state index contributed by atoms with van der Waals surface area (Å²) in [5, 5.41) is 3.58. The molecule has 0 aliphatic carbocycles. The zero-order valence-corrected chi connectivity index (χ0v) is 10.8. The van der Waals surface area contributed by atoms with Crippen LogP contribution in [0.15, 0.2) is 12.2 Å². The van der Waals surface area contributed by atoms with Gasteiger partial charge in [0.25, 0.3) is 0 Å². The van der Waals surface area contributed by atoms with Gasteiger partial charge in [-0.2, -0.15) is 0 Å². The zero-order chi connectivity index (χ0) is 11.8. The molecular weight excluding hydrogens is 184 g/mol. The quantitative estimate of drug-likeness (QED) is 0.479. The van der Waals surface area contributed by atoms with Crippen LogP contribution in [0.3, 0.4) is 0 Å². The van der Waals surface area contributed by atoms with Crippen molar-refractivity contribution in [2.45, 2.75) is 59.0 Å². The molecule has 0 aromatic rings.